The first-order valence-electron chi connectivity index (χ1n) is 7.47. The summed E-state index contributed by atoms with van der Waals surface area (Å²) in [5.41, 5.74) is 0.691. The normalized spacial score (nSPS) is 15.5. The lowest BCUT2D eigenvalue weighted by molar-refractivity contribution is 0.0684. The minimum atomic E-state index is -1.08. The average molecular weight is 285 g/mol. The molecule has 1 aromatic carbocycles. The van der Waals surface area contributed by atoms with Crippen molar-refractivity contribution >= 4 is 22.7 Å². The number of hydrogen-bond donors (Lipinski definition) is 1. The number of fused-ring (bicyclic) bond motifs is 1. The van der Waals surface area contributed by atoms with Crippen LogP contribution in [-0.4, -0.2) is 33.6 Å². The van der Waals surface area contributed by atoms with Crippen molar-refractivity contribution in [3.63, 3.8) is 0 Å². The number of carboxylic acid groups (broad SMARTS) is 1. The third-order valence-electron chi connectivity index (χ3n) is 4.15. The number of benzene rings is 1. The number of hydrogen-bond acceptors (Lipinski definition) is 4. The van der Waals surface area contributed by atoms with Crippen molar-refractivity contribution in [1.29, 1.82) is 0 Å². The Morgan fingerprint density at radius 1 is 1.29 bits per heavy atom. The third kappa shape index (κ3) is 2.55. The summed E-state index contributed by atoms with van der Waals surface area (Å²) in [6.07, 6.45) is 4.76. The van der Waals surface area contributed by atoms with Gasteiger partial charge in [-0.3, -0.25) is 0 Å². The van der Waals surface area contributed by atoms with Crippen molar-refractivity contribution in [2.24, 2.45) is 0 Å². The lowest BCUT2D eigenvalue weighted by Gasteiger charge is -2.29. The van der Waals surface area contributed by atoms with Gasteiger partial charge in [-0.2, -0.15) is 0 Å². The number of aromatic nitrogens is 2. The van der Waals surface area contributed by atoms with Crippen LogP contribution in [0.25, 0.3) is 10.9 Å². The van der Waals surface area contributed by atoms with Crippen LogP contribution in [0, 0.1) is 0 Å². The molecular formula is C16H19N3O2. The second kappa shape index (κ2) is 5.68. The predicted molar refractivity (Wildman–Crippen MR) is 81.8 cm³/mol. The zero-order valence-corrected chi connectivity index (χ0v) is 12.1. The van der Waals surface area contributed by atoms with Crippen LogP contribution >= 0.6 is 0 Å². The van der Waals surface area contributed by atoms with E-state index in [9.17, 15) is 9.90 Å². The van der Waals surface area contributed by atoms with E-state index in [1.807, 2.05) is 24.3 Å². The van der Waals surface area contributed by atoms with Gasteiger partial charge in [-0.1, -0.05) is 25.0 Å². The summed E-state index contributed by atoms with van der Waals surface area (Å²) in [6, 6.07) is 8.08. The number of carbonyl (C=O) groups is 1. The van der Waals surface area contributed by atoms with Crippen LogP contribution in [-0.2, 0) is 0 Å². The van der Waals surface area contributed by atoms with Gasteiger partial charge in [0.2, 0.25) is 5.82 Å². The van der Waals surface area contributed by atoms with Crippen molar-refractivity contribution in [1.82, 2.24) is 9.97 Å². The molecule has 1 N–H and O–H groups in total. The minimum absolute atomic E-state index is 0.125. The van der Waals surface area contributed by atoms with E-state index in [1.165, 1.54) is 12.8 Å². The van der Waals surface area contributed by atoms with E-state index in [-0.39, 0.29) is 5.82 Å². The molecule has 110 valence electrons. The number of rotatable bonds is 4. The van der Waals surface area contributed by atoms with Crippen LogP contribution in [0.4, 0.5) is 5.82 Å². The molecule has 5 nitrogen and oxygen atoms in total. The van der Waals surface area contributed by atoms with Crippen molar-refractivity contribution < 1.29 is 9.90 Å². The number of para-hydroxylation sites is 1. The number of anilines is 1. The maximum Gasteiger partial charge on any atom is 0.374 e. The zero-order valence-electron chi connectivity index (χ0n) is 12.1. The molecule has 1 aliphatic rings. The molecule has 1 saturated carbocycles. The summed E-state index contributed by atoms with van der Waals surface area (Å²) in [5, 5.41) is 10.2. The van der Waals surface area contributed by atoms with Crippen LogP contribution in [0.2, 0.25) is 0 Å². The number of aromatic carboxylic acids is 1. The van der Waals surface area contributed by atoms with Gasteiger partial charge >= 0.3 is 5.97 Å². The molecule has 0 amide bonds. The monoisotopic (exact) mass is 285 g/mol. The summed E-state index contributed by atoms with van der Waals surface area (Å²) in [7, 11) is 0. The molecule has 0 saturated heterocycles. The summed E-state index contributed by atoms with van der Waals surface area (Å²) in [5.74, 6) is -0.447. The first-order valence-corrected chi connectivity index (χ1v) is 7.47. The van der Waals surface area contributed by atoms with Crippen molar-refractivity contribution in [2.75, 3.05) is 11.4 Å². The number of carboxylic acids is 1. The maximum absolute atomic E-state index is 11.3. The summed E-state index contributed by atoms with van der Waals surface area (Å²) >= 11 is 0. The van der Waals surface area contributed by atoms with Crippen molar-refractivity contribution in [3.8, 4) is 0 Å². The predicted octanol–water partition coefficient (Wildman–Crippen LogP) is 3.10. The van der Waals surface area contributed by atoms with Gasteiger partial charge in [0.15, 0.2) is 0 Å². The summed E-state index contributed by atoms with van der Waals surface area (Å²) < 4.78 is 0. The molecule has 5 heteroatoms. The largest absolute Gasteiger partial charge is 0.475 e. The third-order valence-corrected chi connectivity index (χ3v) is 4.15. The molecule has 0 spiro atoms. The van der Waals surface area contributed by atoms with Crippen molar-refractivity contribution in [2.45, 2.75) is 38.6 Å². The highest BCUT2D eigenvalue weighted by atomic mass is 16.4. The molecule has 2 aromatic rings. The van der Waals surface area contributed by atoms with E-state index in [0.29, 0.717) is 11.6 Å². The molecule has 0 aliphatic heterocycles. The molecule has 3 rings (SSSR count). The Morgan fingerprint density at radius 3 is 2.67 bits per heavy atom. The Hall–Kier alpha value is -2.17. The van der Waals surface area contributed by atoms with E-state index in [2.05, 4.69) is 21.8 Å². The minimum Gasteiger partial charge on any atom is -0.475 e. The highest BCUT2D eigenvalue weighted by molar-refractivity contribution is 5.94. The molecule has 1 aliphatic carbocycles. The quantitative estimate of drug-likeness (QED) is 0.935. The van der Waals surface area contributed by atoms with E-state index >= 15 is 0 Å². The number of nitrogens with zero attached hydrogens (tertiary/aromatic N) is 3. The topological polar surface area (TPSA) is 66.3 Å². The second-order valence-electron chi connectivity index (χ2n) is 5.42. The molecule has 1 aromatic heterocycles. The fourth-order valence-electron chi connectivity index (χ4n) is 3.17. The average Bonchev–Trinajstić information content (AvgIpc) is 3.02. The Kier molecular flexibility index (Phi) is 3.73. The van der Waals surface area contributed by atoms with Crippen LogP contribution < -0.4 is 4.90 Å². The van der Waals surface area contributed by atoms with E-state index in [0.717, 1.165) is 30.6 Å². The molecule has 0 radical (unpaired) electrons. The van der Waals surface area contributed by atoms with Gasteiger partial charge < -0.3 is 10.0 Å². The smallest absolute Gasteiger partial charge is 0.374 e. The fraction of sp³-hybridized carbons (Fsp3) is 0.438. The van der Waals surface area contributed by atoms with Gasteiger partial charge in [-0.25, -0.2) is 14.8 Å². The van der Waals surface area contributed by atoms with Gasteiger partial charge in [-0.05, 0) is 31.9 Å². The van der Waals surface area contributed by atoms with Crippen LogP contribution in [0.1, 0.15) is 43.2 Å². The zero-order chi connectivity index (χ0) is 14.8. The SMILES string of the molecule is CCN(c1nc(C(=O)O)nc2ccccc12)C1CCCC1. The Balaban J connectivity index is 2.16. The Bertz CT molecular complexity index is 666. The van der Waals surface area contributed by atoms with Crippen LogP contribution in [0.3, 0.4) is 0 Å². The first kappa shape index (κ1) is 13.8. The molecule has 1 heterocycles. The highest BCUT2D eigenvalue weighted by Gasteiger charge is 2.25. The Morgan fingerprint density at radius 2 is 2.00 bits per heavy atom. The highest BCUT2D eigenvalue weighted by Crippen LogP contribution is 2.31. The second-order valence-corrected chi connectivity index (χ2v) is 5.42. The lowest BCUT2D eigenvalue weighted by atomic mass is 10.1. The fourth-order valence-corrected chi connectivity index (χ4v) is 3.17. The van der Waals surface area contributed by atoms with E-state index < -0.39 is 5.97 Å². The van der Waals surface area contributed by atoms with Gasteiger partial charge in [0.1, 0.15) is 5.82 Å². The van der Waals surface area contributed by atoms with Crippen molar-refractivity contribution in [3.05, 3.63) is 30.1 Å². The first-order chi connectivity index (χ1) is 10.2. The van der Waals surface area contributed by atoms with Gasteiger partial charge in [-0.15, -0.1) is 0 Å². The van der Waals surface area contributed by atoms with E-state index in [1.54, 1.807) is 0 Å². The maximum atomic E-state index is 11.3. The van der Waals surface area contributed by atoms with Crippen LogP contribution in [0.5, 0.6) is 0 Å². The summed E-state index contributed by atoms with van der Waals surface area (Å²) in [6.45, 7) is 2.92. The Labute approximate surface area is 123 Å². The molecule has 1 fully saturated rings. The molecule has 0 atom stereocenters. The molecule has 0 unspecified atom stereocenters. The van der Waals surface area contributed by atoms with E-state index in [4.69, 9.17) is 0 Å². The van der Waals surface area contributed by atoms with Crippen LogP contribution in [0.15, 0.2) is 24.3 Å². The molecule has 0 bridgehead atoms. The van der Waals surface area contributed by atoms with Gasteiger partial charge in [0, 0.05) is 18.0 Å². The standard InChI is InChI=1S/C16H19N3O2/c1-2-19(11-7-3-4-8-11)15-12-9-5-6-10-13(12)17-14(18-15)16(20)21/h5-6,9-11H,2-4,7-8H2,1H3,(H,20,21). The molecule has 21 heavy (non-hydrogen) atoms. The lowest BCUT2D eigenvalue weighted by Crippen LogP contribution is -2.34. The van der Waals surface area contributed by atoms with Gasteiger partial charge in [0.25, 0.3) is 0 Å². The van der Waals surface area contributed by atoms with Gasteiger partial charge in [0.05, 0.1) is 5.52 Å². The molecular weight excluding hydrogens is 266 g/mol. The summed E-state index contributed by atoms with van der Waals surface area (Å²) in [4.78, 5) is 22.0.